The maximum atomic E-state index is 7.98. The standard InChI is InChI=1S/C104H106N2O2/c1-69-25-41-79(42-26-69)93(80-43-27-70(2)28-44-80)67-77-37-53-87(54-38-77)105(85-49-33-73(5)34-50-85)95-61-57-91-101-89(95)59-63-99(107-97-23-15-13-21-83(97)65-75-17-9-7-10-18-75)103(101)92-58-62-96(90-60-64-100(104(91)102(90)92)108-98-24-16-14-22-84(98)66-76-19-11-8-12-20-76)106(86-51-35-74(6)36-52-86)88-55-39-78(40-56-88)68-94(81-45-29-71(3)30-46-81)82-47-31-72(4)32-48-82/h25-64,67-68,75-76,83-84,97-98H,7-24,65-66H2,1-6H3. The van der Waals surface area contributed by atoms with Crippen molar-refractivity contribution in [1.82, 2.24) is 0 Å². The number of hydrogen-bond donors (Lipinski definition) is 0. The molecule has 544 valence electrons. The molecule has 4 heteroatoms. The van der Waals surface area contributed by atoms with Crippen molar-refractivity contribution in [3.05, 3.63) is 309 Å². The van der Waals surface area contributed by atoms with Crippen molar-refractivity contribution < 1.29 is 9.47 Å². The van der Waals surface area contributed by atoms with Crippen LogP contribution < -0.4 is 19.3 Å². The predicted octanol–water partition coefficient (Wildman–Crippen LogP) is 29.5. The highest BCUT2D eigenvalue weighted by molar-refractivity contribution is 6.38. The summed E-state index contributed by atoms with van der Waals surface area (Å²) in [4.78, 5) is 5.03. The molecule has 0 N–H and O–H groups in total. The molecule has 4 aliphatic rings. The van der Waals surface area contributed by atoms with E-state index in [4.69, 9.17) is 9.47 Å². The summed E-state index contributed by atoms with van der Waals surface area (Å²) >= 11 is 0. The summed E-state index contributed by atoms with van der Waals surface area (Å²) in [5, 5.41) is 9.66. The maximum absolute atomic E-state index is 7.98. The first-order chi connectivity index (χ1) is 53.0. The highest BCUT2D eigenvalue weighted by Gasteiger charge is 2.35. The lowest BCUT2D eigenvalue weighted by Gasteiger charge is -2.36. The predicted molar refractivity (Wildman–Crippen MR) is 460 cm³/mol. The average molecular weight is 1420 g/mol. The monoisotopic (exact) mass is 1410 g/mol. The van der Waals surface area contributed by atoms with E-state index in [-0.39, 0.29) is 12.2 Å². The number of benzene rings is 13. The Balaban J connectivity index is 0.878. The van der Waals surface area contributed by atoms with Gasteiger partial charge in [0.2, 0.25) is 0 Å². The Kier molecular flexibility index (Phi) is 20.7. The Morgan fingerprint density at radius 1 is 0.278 bits per heavy atom. The molecule has 0 radical (unpaired) electrons. The van der Waals surface area contributed by atoms with Crippen LogP contribution in [0.3, 0.4) is 0 Å². The molecule has 0 heterocycles. The first kappa shape index (κ1) is 70.8. The fourth-order valence-electron chi connectivity index (χ4n) is 19.2. The van der Waals surface area contributed by atoms with E-state index in [1.807, 2.05) is 0 Å². The van der Waals surface area contributed by atoms with Gasteiger partial charge in [-0.3, -0.25) is 0 Å². The minimum atomic E-state index is 0.132. The van der Waals surface area contributed by atoms with Crippen LogP contribution in [0.1, 0.15) is 195 Å². The third-order valence-electron chi connectivity index (χ3n) is 25.2. The fraction of sp³-hybridized carbons (Fsp3) is 0.308. The summed E-state index contributed by atoms with van der Waals surface area (Å²) in [6.45, 7) is 13.1. The lowest BCUT2D eigenvalue weighted by molar-refractivity contribution is 0.0736. The molecule has 17 rings (SSSR count). The van der Waals surface area contributed by atoms with Crippen molar-refractivity contribution in [3.8, 4) is 11.5 Å². The van der Waals surface area contributed by atoms with Gasteiger partial charge in [-0.25, -0.2) is 0 Å². The first-order valence-corrected chi connectivity index (χ1v) is 41.2. The average Bonchev–Trinajstić information content (AvgIpc) is 0.696. The number of fused-ring (bicyclic) bond motifs is 2. The van der Waals surface area contributed by atoms with E-state index < -0.39 is 0 Å². The SMILES string of the molecule is Cc1ccc(C(=Cc2ccc(N(c3ccc(C)cc3)c3ccc4c5c(OC6CCCCC6CC6CCCCC6)ccc6c(N(c7ccc(C)cc7)c7ccc(C=C(c8ccc(C)cc8)c8ccc(C)cc8)cc7)ccc(c7c(OC8CCCCC8CC8CCCCC8)ccc3c47)c65)cc2)c2ccc(C)cc2)cc1. The van der Waals surface area contributed by atoms with Gasteiger partial charge < -0.3 is 19.3 Å². The number of anilines is 6. The summed E-state index contributed by atoms with van der Waals surface area (Å²) in [6, 6.07) is 92.3. The van der Waals surface area contributed by atoms with E-state index in [9.17, 15) is 0 Å². The van der Waals surface area contributed by atoms with Crippen LogP contribution in [0.2, 0.25) is 0 Å². The summed E-state index contributed by atoms with van der Waals surface area (Å²) in [6.07, 6.45) is 30.7. The second-order valence-corrected chi connectivity index (χ2v) is 33.0. The minimum absolute atomic E-state index is 0.132. The highest BCUT2D eigenvalue weighted by atomic mass is 16.5. The van der Waals surface area contributed by atoms with Crippen LogP contribution in [0.5, 0.6) is 11.5 Å². The van der Waals surface area contributed by atoms with Crippen LogP contribution in [0.25, 0.3) is 66.4 Å². The third-order valence-corrected chi connectivity index (χ3v) is 25.2. The second kappa shape index (κ2) is 31.6. The second-order valence-electron chi connectivity index (χ2n) is 33.0. The van der Waals surface area contributed by atoms with Crippen LogP contribution in [-0.4, -0.2) is 12.2 Å². The Hall–Kier alpha value is -10.2. The number of rotatable bonds is 20. The van der Waals surface area contributed by atoms with Gasteiger partial charge in [-0.15, -0.1) is 0 Å². The van der Waals surface area contributed by atoms with Crippen LogP contribution in [-0.2, 0) is 0 Å². The first-order valence-electron chi connectivity index (χ1n) is 41.2. The van der Waals surface area contributed by atoms with Crippen LogP contribution >= 0.6 is 0 Å². The molecule has 0 spiro atoms. The largest absolute Gasteiger partial charge is 0.489 e. The van der Waals surface area contributed by atoms with E-state index in [1.54, 1.807) is 0 Å². The van der Waals surface area contributed by atoms with Gasteiger partial charge in [0.25, 0.3) is 0 Å². The molecule has 0 aromatic heterocycles. The molecule has 108 heavy (non-hydrogen) atoms. The fourth-order valence-corrected chi connectivity index (χ4v) is 19.2. The van der Waals surface area contributed by atoms with Gasteiger partial charge in [0.15, 0.2) is 0 Å². The van der Waals surface area contributed by atoms with Gasteiger partial charge in [-0.05, 0) is 269 Å². The smallest absolute Gasteiger partial charge is 0.128 e. The molecule has 4 atom stereocenters. The quantitative estimate of drug-likeness (QED) is 0.0431. The minimum Gasteiger partial charge on any atom is -0.489 e. The lowest BCUT2D eigenvalue weighted by atomic mass is 9.76. The summed E-state index contributed by atoms with van der Waals surface area (Å²) in [7, 11) is 0. The maximum Gasteiger partial charge on any atom is 0.128 e. The van der Waals surface area contributed by atoms with Gasteiger partial charge >= 0.3 is 0 Å². The van der Waals surface area contributed by atoms with E-state index >= 15 is 0 Å². The number of hydrogen-bond acceptors (Lipinski definition) is 4. The zero-order valence-corrected chi connectivity index (χ0v) is 64.6. The molecule has 13 aromatic carbocycles. The summed E-state index contributed by atoms with van der Waals surface area (Å²) in [5.41, 5.74) is 23.7. The number of nitrogens with zero attached hydrogens (tertiary/aromatic N) is 2. The van der Waals surface area contributed by atoms with Crippen molar-refractivity contribution in [2.75, 3.05) is 9.80 Å². The number of ether oxygens (including phenoxy) is 2. The van der Waals surface area contributed by atoms with Gasteiger partial charge in [-0.2, -0.15) is 0 Å². The normalized spacial score (nSPS) is 18.0. The summed E-state index contributed by atoms with van der Waals surface area (Å²) in [5.74, 6) is 4.60. The van der Waals surface area contributed by atoms with Crippen molar-refractivity contribution >= 4 is 101 Å². The van der Waals surface area contributed by atoms with E-state index in [2.05, 4.69) is 306 Å². The molecule has 0 bridgehead atoms. The molecule has 4 saturated carbocycles. The molecule has 4 unspecified atom stereocenters. The highest BCUT2D eigenvalue weighted by Crippen LogP contribution is 2.55. The van der Waals surface area contributed by atoms with Crippen molar-refractivity contribution in [3.63, 3.8) is 0 Å². The van der Waals surface area contributed by atoms with Crippen molar-refractivity contribution in [1.29, 1.82) is 0 Å². The molecule has 4 nitrogen and oxygen atoms in total. The zero-order chi connectivity index (χ0) is 73.2. The van der Waals surface area contributed by atoms with Crippen molar-refractivity contribution in [2.24, 2.45) is 23.7 Å². The Morgan fingerprint density at radius 3 is 0.880 bits per heavy atom. The van der Waals surface area contributed by atoms with Gasteiger partial charge in [-0.1, -0.05) is 268 Å². The van der Waals surface area contributed by atoms with Crippen molar-refractivity contribution in [2.45, 2.75) is 182 Å². The lowest BCUT2D eigenvalue weighted by Crippen LogP contribution is -2.32. The number of aryl methyl sites for hydroxylation is 6. The Bertz CT molecular complexity index is 4890. The Morgan fingerprint density at radius 2 is 0.556 bits per heavy atom. The molecule has 0 amide bonds. The molecular weight excluding hydrogens is 1310 g/mol. The van der Waals surface area contributed by atoms with Crippen LogP contribution in [0.15, 0.2) is 243 Å². The van der Waals surface area contributed by atoms with E-state index in [0.717, 1.165) is 81.4 Å². The van der Waals surface area contributed by atoms with Gasteiger partial charge in [0, 0.05) is 55.1 Å². The van der Waals surface area contributed by atoms with Gasteiger partial charge in [0.05, 0.1) is 11.4 Å². The Labute approximate surface area is 642 Å². The summed E-state index contributed by atoms with van der Waals surface area (Å²) < 4.78 is 16.0. The topological polar surface area (TPSA) is 24.9 Å². The van der Waals surface area contributed by atoms with E-state index in [0.29, 0.717) is 11.8 Å². The van der Waals surface area contributed by atoms with E-state index in [1.165, 1.54) is 225 Å². The van der Waals surface area contributed by atoms with Crippen LogP contribution in [0.4, 0.5) is 34.1 Å². The molecule has 0 aliphatic heterocycles. The molecule has 0 saturated heterocycles. The zero-order valence-electron chi connectivity index (χ0n) is 64.6. The molecule has 4 aliphatic carbocycles. The molecule has 4 fully saturated rings. The van der Waals surface area contributed by atoms with Crippen LogP contribution in [0, 0.1) is 65.2 Å². The molecule has 13 aromatic rings. The third kappa shape index (κ3) is 15.0. The van der Waals surface area contributed by atoms with Gasteiger partial charge in [0.1, 0.15) is 23.7 Å². The molecular formula is C104H106N2O2.